The lowest BCUT2D eigenvalue weighted by Crippen LogP contribution is -2.59. The van der Waals surface area contributed by atoms with E-state index < -0.39 is 53.7 Å². The zero-order valence-electron chi connectivity index (χ0n) is 31.9. The van der Waals surface area contributed by atoms with Crippen LogP contribution in [0.2, 0.25) is 0 Å². The number of esters is 1. The second-order valence-corrected chi connectivity index (χ2v) is 14.6. The highest BCUT2D eigenvalue weighted by atomic mass is 16.6. The summed E-state index contributed by atoms with van der Waals surface area (Å²) in [5.41, 5.74) is 2.67. The van der Waals surface area contributed by atoms with Gasteiger partial charge < -0.3 is 34.5 Å². The van der Waals surface area contributed by atoms with Crippen LogP contribution >= 0.6 is 0 Å². The lowest BCUT2D eigenvalue weighted by atomic mass is 10.0. The van der Waals surface area contributed by atoms with Crippen molar-refractivity contribution in [3.8, 4) is 5.75 Å². The van der Waals surface area contributed by atoms with E-state index in [-0.39, 0.29) is 19.6 Å². The van der Waals surface area contributed by atoms with E-state index in [0.29, 0.717) is 31.7 Å². The van der Waals surface area contributed by atoms with Gasteiger partial charge in [-0.1, -0.05) is 103 Å². The summed E-state index contributed by atoms with van der Waals surface area (Å²) in [5.74, 6) is -0.945. The molecule has 1 heterocycles. The fourth-order valence-electron chi connectivity index (χ4n) is 6.19. The van der Waals surface area contributed by atoms with Crippen LogP contribution in [0.3, 0.4) is 0 Å². The Morgan fingerprint density at radius 1 is 0.727 bits per heavy atom. The molecule has 2 N–H and O–H groups in total. The van der Waals surface area contributed by atoms with Crippen LogP contribution in [-0.4, -0.2) is 65.2 Å². The van der Waals surface area contributed by atoms with Gasteiger partial charge in [0.25, 0.3) is 0 Å². The lowest BCUT2D eigenvalue weighted by molar-refractivity contribution is -0.155. The van der Waals surface area contributed by atoms with Crippen molar-refractivity contribution < 1.29 is 38.1 Å². The van der Waals surface area contributed by atoms with Gasteiger partial charge in [-0.05, 0) is 74.9 Å². The molecule has 4 aromatic rings. The Balaban J connectivity index is 1.35. The Kier molecular flexibility index (Phi) is 14.4. The van der Waals surface area contributed by atoms with E-state index in [1.165, 1.54) is 4.90 Å². The van der Waals surface area contributed by atoms with Crippen LogP contribution in [0, 0.1) is 0 Å². The number of benzene rings is 4. The van der Waals surface area contributed by atoms with Gasteiger partial charge in [0.2, 0.25) is 11.8 Å². The summed E-state index contributed by atoms with van der Waals surface area (Å²) in [7, 11) is 0. The van der Waals surface area contributed by atoms with Gasteiger partial charge in [0.15, 0.2) is 0 Å². The molecule has 3 amide bonds. The van der Waals surface area contributed by atoms with E-state index in [1.807, 2.05) is 115 Å². The average Bonchev–Trinajstić information content (AvgIpc) is 3.68. The topological polar surface area (TPSA) is 132 Å². The van der Waals surface area contributed by atoms with Gasteiger partial charge in [0.05, 0.1) is 12.7 Å². The molecule has 290 valence electrons. The summed E-state index contributed by atoms with van der Waals surface area (Å²) < 4.78 is 23.2. The van der Waals surface area contributed by atoms with Crippen molar-refractivity contribution in [2.24, 2.45) is 0 Å². The van der Waals surface area contributed by atoms with Gasteiger partial charge >= 0.3 is 12.1 Å². The van der Waals surface area contributed by atoms with Crippen molar-refractivity contribution in [2.45, 2.75) is 96.6 Å². The van der Waals surface area contributed by atoms with E-state index >= 15 is 0 Å². The number of rotatable bonds is 16. The van der Waals surface area contributed by atoms with E-state index in [4.69, 9.17) is 18.9 Å². The molecule has 1 aliphatic heterocycles. The van der Waals surface area contributed by atoms with Gasteiger partial charge in [0, 0.05) is 13.0 Å². The van der Waals surface area contributed by atoms with Crippen LogP contribution in [-0.2, 0) is 54.8 Å². The van der Waals surface area contributed by atoms with Crippen molar-refractivity contribution in [1.29, 1.82) is 0 Å². The Hall–Kier alpha value is -5.68. The van der Waals surface area contributed by atoms with Crippen molar-refractivity contribution in [3.05, 3.63) is 138 Å². The van der Waals surface area contributed by atoms with Crippen LogP contribution in [0.1, 0.15) is 62.8 Å². The summed E-state index contributed by atoms with van der Waals surface area (Å²) in [6.45, 7) is 7.82. The highest BCUT2D eigenvalue weighted by Crippen LogP contribution is 2.23. The molecule has 0 saturated carbocycles. The van der Waals surface area contributed by atoms with Crippen molar-refractivity contribution in [2.75, 3.05) is 6.54 Å². The van der Waals surface area contributed by atoms with Crippen LogP contribution in [0.5, 0.6) is 5.75 Å². The Labute approximate surface area is 323 Å². The summed E-state index contributed by atoms with van der Waals surface area (Å²) in [6, 6.07) is 32.7. The Morgan fingerprint density at radius 2 is 1.29 bits per heavy atom. The zero-order valence-corrected chi connectivity index (χ0v) is 31.9. The molecule has 11 nitrogen and oxygen atoms in total. The van der Waals surface area contributed by atoms with Crippen molar-refractivity contribution in [1.82, 2.24) is 15.5 Å². The van der Waals surface area contributed by atoms with Gasteiger partial charge in [-0.3, -0.25) is 9.59 Å². The summed E-state index contributed by atoms with van der Waals surface area (Å²) in [4.78, 5) is 56.5. The number of amides is 3. The fraction of sp³-hybridized carbons (Fsp3) is 0.364. The average molecular weight is 750 g/mol. The zero-order chi connectivity index (χ0) is 39.2. The van der Waals surface area contributed by atoms with E-state index in [2.05, 4.69) is 10.6 Å². The van der Waals surface area contributed by atoms with E-state index in [1.54, 1.807) is 27.7 Å². The van der Waals surface area contributed by atoms with Crippen LogP contribution in [0.4, 0.5) is 4.79 Å². The number of likely N-dealkylation sites (tertiary alicyclic amines) is 1. The Bertz CT molecular complexity index is 1830. The number of nitrogens with zero attached hydrogens (tertiary/aromatic N) is 1. The largest absolute Gasteiger partial charge is 0.489 e. The van der Waals surface area contributed by atoms with Gasteiger partial charge in [-0.25, -0.2) is 9.59 Å². The first-order valence-corrected chi connectivity index (χ1v) is 18.7. The molecule has 0 unspecified atom stereocenters. The van der Waals surface area contributed by atoms with E-state index in [0.717, 1.165) is 22.3 Å². The minimum Gasteiger partial charge on any atom is -0.489 e. The number of hydrogen-bond acceptors (Lipinski definition) is 8. The number of carbonyl (C=O) groups excluding carboxylic acids is 4. The van der Waals surface area contributed by atoms with Crippen LogP contribution in [0.15, 0.2) is 115 Å². The third-order valence-corrected chi connectivity index (χ3v) is 9.04. The smallest absolute Gasteiger partial charge is 0.408 e. The predicted octanol–water partition coefficient (Wildman–Crippen LogP) is 6.53. The SMILES string of the molecule is C[C@@H](OCc1ccccc1)[C@H](NC(=O)OC(C)(C)C)C(=O)N[C@@H](Cc1ccc(OCc2ccccc2)cc1)C(=O)N1CCC[C@H]1C(=O)OCc1ccccc1. The summed E-state index contributed by atoms with van der Waals surface area (Å²) in [5, 5.41) is 5.57. The van der Waals surface area contributed by atoms with Gasteiger partial charge in [-0.2, -0.15) is 0 Å². The first-order chi connectivity index (χ1) is 26.4. The number of ether oxygens (including phenoxy) is 4. The highest BCUT2D eigenvalue weighted by molar-refractivity contribution is 5.93. The molecule has 1 aliphatic rings. The van der Waals surface area contributed by atoms with Gasteiger partial charge in [0.1, 0.15) is 42.7 Å². The predicted molar refractivity (Wildman–Crippen MR) is 208 cm³/mol. The third kappa shape index (κ3) is 12.7. The molecule has 5 rings (SSSR count). The normalized spacial score (nSPS) is 15.6. The second kappa shape index (κ2) is 19.6. The molecular weight excluding hydrogens is 698 g/mol. The molecule has 11 heteroatoms. The summed E-state index contributed by atoms with van der Waals surface area (Å²) >= 11 is 0. The fourth-order valence-corrected chi connectivity index (χ4v) is 6.19. The van der Waals surface area contributed by atoms with Crippen LogP contribution in [0.25, 0.3) is 0 Å². The molecule has 1 fully saturated rings. The molecule has 0 aromatic heterocycles. The van der Waals surface area contributed by atoms with Crippen LogP contribution < -0.4 is 15.4 Å². The minimum atomic E-state index is -1.23. The molecule has 1 saturated heterocycles. The van der Waals surface area contributed by atoms with E-state index in [9.17, 15) is 19.2 Å². The highest BCUT2D eigenvalue weighted by Gasteiger charge is 2.40. The Morgan fingerprint density at radius 3 is 1.87 bits per heavy atom. The maximum absolute atomic E-state index is 14.4. The monoisotopic (exact) mass is 749 g/mol. The van der Waals surface area contributed by atoms with Crippen molar-refractivity contribution >= 4 is 23.9 Å². The second-order valence-electron chi connectivity index (χ2n) is 14.6. The standard InChI is InChI=1S/C44H51N3O8/c1-31(52-28-33-15-8-5-9-16-33)39(46-43(51)55-44(2,3)4)40(48)45-37(27-32-22-24-36(25-23-32)53-29-34-17-10-6-11-18-34)41(49)47-26-14-21-38(47)42(50)54-30-35-19-12-7-13-20-35/h5-13,15-20,22-25,31,37-39H,14,21,26-30H2,1-4H3,(H,45,48)(H,46,51)/t31-,37+,38+,39+/m1/s1. The first kappa shape index (κ1) is 40.5. The molecule has 0 spiro atoms. The number of hydrogen-bond donors (Lipinski definition) is 2. The number of carbonyl (C=O) groups is 4. The maximum atomic E-state index is 14.4. The molecule has 4 atom stereocenters. The first-order valence-electron chi connectivity index (χ1n) is 18.7. The molecule has 0 bridgehead atoms. The molecular formula is C44H51N3O8. The number of nitrogens with one attached hydrogen (secondary N) is 2. The maximum Gasteiger partial charge on any atom is 0.408 e. The third-order valence-electron chi connectivity index (χ3n) is 9.04. The molecule has 0 aliphatic carbocycles. The molecule has 0 radical (unpaired) electrons. The quantitative estimate of drug-likeness (QED) is 0.124. The molecule has 4 aromatic carbocycles. The molecule has 55 heavy (non-hydrogen) atoms. The van der Waals surface area contributed by atoms with Crippen molar-refractivity contribution in [3.63, 3.8) is 0 Å². The minimum absolute atomic E-state index is 0.0793. The lowest BCUT2D eigenvalue weighted by Gasteiger charge is -2.31. The summed E-state index contributed by atoms with van der Waals surface area (Å²) in [6.07, 6.45) is -0.502. The number of alkyl carbamates (subject to hydrolysis) is 1. The van der Waals surface area contributed by atoms with Gasteiger partial charge in [-0.15, -0.1) is 0 Å².